The third kappa shape index (κ3) is 6.89. The number of nitrogens with zero attached hydrogens (tertiary/aromatic N) is 2. The van der Waals surface area contributed by atoms with Crippen LogP contribution in [-0.2, 0) is 20.9 Å². The van der Waals surface area contributed by atoms with Gasteiger partial charge >= 0.3 is 0 Å². The molecule has 1 aliphatic rings. The summed E-state index contributed by atoms with van der Waals surface area (Å²) in [7, 11) is 0. The zero-order valence-corrected chi connectivity index (χ0v) is 22.2. The molecule has 1 unspecified atom stereocenters. The summed E-state index contributed by atoms with van der Waals surface area (Å²) >= 11 is 1.58. The van der Waals surface area contributed by atoms with E-state index in [1.807, 2.05) is 57.5 Å². The number of aliphatic hydroxyl groups is 1. The van der Waals surface area contributed by atoms with Crippen LogP contribution in [0.3, 0.4) is 0 Å². The molecule has 2 heterocycles. The summed E-state index contributed by atoms with van der Waals surface area (Å²) in [5.74, 6) is -0.958. The molecule has 1 saturated heterocycles. The van der Waals surface area contributed by atoms with E-state index in [1.165, 1.54) is 4.90 Å². The minimum absolute atomic E-state index is 0.0467. The number of thiazole rings is 1. The summed E-state index contributed by atoms with van der Waals surface area (Å²) in [6.45, 7) is 8.28. The van der Waals surface area contributed by atoms with E-state index < -0.39 is 23.6 Å². The number of aryl methyl sites for hydroxylation is 1. The van der Waals surface area contributed by atoms with Crippen LogP contribution in [0.15, 0.2) is 29.8 Å². The van der Waals surface area contributed by atoms with Crippen LogP contribution in [0, 0.1) is 12.3 Å². The molecule has 0 radical (unpaired) electrons. The Kier molecular flexibility index (Phi) is 9.21. The van der Waals surface area contributed by atoms with E-state index in [0.29, 0.717) is 19.5 Å². The Morgan fingerprint density at radius 1 is 1.25 bits per heavy atom. The first-order valence-corrected chi connectivity index (χ1v) is 13.1. The average molecular weight is 516 g/mol. The van der Waals surface area contributed by atoms with Gasteiger partial charge in [-0.15, -0.1) is 11.3 Å². The summed E-state index contributed by atoms with van der Waals surface area (Å²) in [6.07, 6.45) is 0.0960. The monoisotopic (exact) mass is 515 g/mol. The summed E-state index contributed by atoms with van der Waals surface area (Å²) in [5.41, 5.74) is 9.71. The Balaban J connectivity index is 1.66. The first-order chi connectivity index (χ1) is 17.0. The largest absolute Gasteiger partial charge is 0.391 e. The van der Waals surface area contributed by atoms with E-state index in [2.05, 4.69) is 15.6 Å². The molecule has 3 rings (SSSR count). The zero-order chi connectivity index (χ0) is 26.5. The second-order valence-corrected chi connectivity index (χ2v) is 11.2. The van der Waals surface area contributed by atoms with Gasteiger partial charge in [0.15, 0.2) is 0 Å². The fourth-order valence-corrected chi connectivity index (χ4v) is 5.09. The molecule has 0 saturated carbocycles. The standard InChI is InChI=1S/C26H37N5O4S/c1-16-22(36-15-29-16)18-9-7-17(8-10-18)13-28-24(34)20-12-19(32)14-31(20)25(35)23(26(2,3)4)30-21(33)6-5-11-27/h7-10,15,19-20,23,32H,5-6,11-14,27H2,1-4H3,(H,28,34)(H,30,33)/t19-,20+,23?/m1/s1. The van der Waals surface area contributed by atoms with Gasteiger partial charge in [-0.2, -0.15) is 0 Å². The van der Waals surface area contributed by atoms with E-state index in [1.54, 1.807) is 11.3 Å². The summed E-state index contributed by atoms with van der Waals surface area (Å²) in [4.78, 5) is 45.8. The number of hydrogen-bond donors (Lipinski definition) is 4. The smallest absolute Gasteiger partial charge is 0.246 e. The van der Waals surface area contributed by atoms with Crippen LogP contribution >= 0.6 is 11.3 Å². The van der Waals surface area contributed by atoms with E-state index in [9.17, 15) is 19.5 Å². The number of aliphatic hydroxyl groups excluding tert-OH is 1. The Bertz CT molecular complexity index is 1060. The number of hydrogen-bond acceptors (Lipinski definition) is 7. The lowest BCUT2D eigenvalue weighted by Gasteiger charge is -2.35. The quantitative estimate of drug-likeness (QED) is 0.403. The first kappa shape index (κ1) is 27.8. The van der Waals surface area contributed by atoms with Crippen LogP contribution in [-0.4, -0.2) is 64.0 Å². The van der Waals surface area contributed by atoms with Gasteiger partial charge in [-0.05, 0) is 36.4 Å². The maximum Gasteiger partial charge on any atom is 0.246 e. The van der Waals surface area contributed by atoms with Gasteiger partial charge in [0.25, 0.3) is 0 Å². The number of carbonyl (C=O) groups is 3. The van der Waals surface area contributed by atoms with Crippen molar-refractivity contribution in [2.45, 2.75) is 71.7 Å². The molecule has 2 aromatic rings. The number of carbonyl (C=O) groups excluding carboxylic acids is 3. The number of benzene rings is 1. The van der Waals surface area contributed by atoms with E-state index in [4.69, 9.17) is 5.73 Å². The van der Waals surface area contributed by atoms with Crippen LogP contribution in [0.1, 0.15) is 51.3 Å². The Labute approximate surface area is 216 Å². The molecule has 5 N–H and O–H groups in total. The van der Waals surface area contributed by atoms with Crippen molar-refractivity contribution in [1.82, 2.24) is 20.5 Å². The van der Waals surface area contributed by atoms with Crippen LogP contribution in [0.4, 0.5) is 0 Å². The van der Waals surface area contributed by atoms with Crippen LogP contribution in [0.2, 0.25) is 0 Å². The highest BCUT2D eigenvalue weighted by Gasteiger charge is 2.44. The minimum atomic E-state index is -0.828. The highest BCUT2D eigenvalue weighted by Crippen LogP contribution is 2.28. The lowest BCUT2D eigenvalue weighted by Crippen LogP contribution is -2.57. The van der Waals surface area contributed by atoms with Crippen molar-refractivity contribution in [2.24, 2.45) is 11.1 Å². The number of likely N-dealkylation sites (tertiary alicyclic amines) is 1. The second-order valence-electron chi connectivity index (χ2n) is 10.3. The molecule has 9 nitrogen and oxygen atoms in total. The SMILES string of the molecule is Cc1ncsc1-c1ccc(CNC(=O)[C@@H]2C[C@@H](O)CN2C(=O)C(NC(=O)CCCN)C(C)(C)C)cc1. The molecular weight excluding hydrogens is 478 g/mol. The van der Waals surface area contributed by atoms with Gasteiger partial charge in [0, 0.05) is 25.9 Å². The summed E-state index contributed by atoms with van der Waals surface area (Å²) in [6, 6.07) is 6.27. The van der Waals surface area contributed by atoms with Crippen molar-refractivity contribution in [3.63, 3.8) is 0 Å². The van der Waals surface area contributed by atoms with E-state index >= 15 is 0 Å². The van der Waals surface area contributed by atoms with Crippen LogP contribution < -0.4 is 16.4 Å². The molecule has 0 spiro atoms. The summed E-state index contributed by atoms with van der Waals surface area (Å²) < 4.78 is 0. The minimum Gasteiger partial charge on any atom is -0.391 e. The number of nitrogens with two attached hydrogens (primary N) is 1. The number of rotatable bonds is 9. The summed E-state index contributed by atoms with van der Waals surface area (Å²) in [5, 5.41) is 16.0. The van der Waals surface area contributed by atoms with Gasteiger partial charge in [-0.3, -0.25) is 14.4 Å². The molecule has 3 atom stereocenters. The number of aromatic nitrogens is 1. The fourth-order valence-electron chi connectivity index (χ4n) is 4.28. The molecule has 196 valence electrons. The van der Waals surface area contributed by atoms with Crippen molar-refractivity contribution >= 4 is 29.1 Å². The van der Waals surface area contributed by atoms with Gasteiger partial charge < -0.3 is 26.4 Å². The van der Waals surface area contributed by atoms with Crippen molar-refractivity contribution in [3.05, 3.63) is 41.0 Å². The van der Waals surface area contributed by atoms with Crippen LogP contribution in [0.5, 0.6) is 0 Å². The highest BCUT2D eigenvalue weighted by atomic mass is 32.1. The van der Waals surface area contributed by atoms with Gasteiger partial charge in [-0.25, -0.2) is 4.98 Å². The molecule has 1 fully saturated rings. The maximum atomic E-state index is 13.5. The predicted molar refractivity (Wildman–Crippen MR) is 140 cm³/mol. The first-order valence-electron chi connectivity index (χ1n) is 12.3. The van der Waals surface area contributed by atoms with E-state index in [-0.39, 0.29) is 37.1 Å². The van der Waals surface area contributed by atoms with Crippen molar-refractivity contribution < 1.29 is 19.5 Å². The third-order valence-electron chi connectivity index (χ3n) is 6.32. The Morgan fingerprint density at radius 2 is 1.94 bits per heavy atom. The predicted octanol–water partition coefficient (Wildman–Crippen LogP) is 1.97. The molecule has 1 aromatic carbocycles. The number of β-amino-alcohol motifs (C(OH)–C–C–N with tert-alkyl or cyclic N) is 1. The Hall–Kier alpha value is -2.82. The second kappa shape index (κ2) is 11.9. The van der Waals surface area contributed by atoms with Crippen LogP contribution in [0.25, 0.3) is 10.4 Å². The van der Waals surface area contributed by atoms with Gasteiger partial charge in [-0.1, -0.05) is 45.0 Å². The van der Waals surface area contributed by atoms with Gasteiger partial charge in [0.1, 0.15) is 12.1 Å². The molecule has 1 aliphatic heterocycles. The molecule has 0 aliphatic carbocycles. The zero-order valence-electron chi connectivity index (χ0n) is 21.4. The number of nitrogens with one attached hydrogen (secondary N) is 2. The molecule has 3 amide bonds. The van der Waals surface area contributed by atoms with Crippen molar-refractivity contribution in [3.8, 4) is 10.4 Å². The lowest BCUT2D eigenvalue weighted by atomic mass is 9.85. The highest BCUT2D eigenvalue weighted by molar-refractivity contribution is 7.13. The molecule has 10 heteroatoms. The molecular formula is C26H37N5O4S. The fraction of sp³-hybridized carbons (Fsp3) is 0.538. The number of amides is 3. The molecule has 36 heavy (non-hydrogen) atoms. The van der Waals surface area contributed by atoms with Crippen molar-refractivity contribution in [1.29, 1.82) is 0 Å². The normalized spacial score (nSPS) is 18.7. The lowest BCUT2D eigenvalue weighted by molar-refractivity contribution is -0.144. The van der Waals surface area contributed by atoms with Crippen molar-refractivity contribution in [2.75, 3.05) is 13.1 Å². The van der Waals surface area contributed by atoms with Gasteiger partial charge in [0.2, 0.25) is 17.7 Å². The Morgan fingerprint density at radius 3 is 2.53 bits per heavy atom. The maximum absolute atomic E-state index is 13.5. The van der Waals surface area contributed by atoms with Gasteiger partial charge in [0.05, 0.1) is 22.2 Å². The molecule has 0 bridgehead atoms. The van der Waals surface area contributed by atoms with E-state index in [0.717, 1.165) is 21.7 Å². The average Bonchev–Trinajstić information content (AvgIpc) is 3.44. The molecule has 1 aromatic heterocycles. The third-order valence-corrected chi connectivity index (χ3v) is 7.30. The topological polar surface area (TPSA) is 138 Å².